The molecule has 1 aromatic heterocycles. The number of rotatable bonds is 9. The summed E-state index contributed by atoms with van der Waals surface area (Å²) in [7, 11) is 2.87. The van der Waals surface area contributed by atoms with Crippen LogP contribution in [0.2, 0.25) is 5.02 Å². The fourth-order valence-electron chi connectivity index (χ4n) is 3.07. The maximum absolute atomic E-state index is 12.5. The van der Waals surface area contributed by atoms with Crippen LogP contribution in [0.4, 0.5) is 11.4 Å². The lowest BCUT2D eigenvalue weighted by Crippen LogP contribution is -2.25. The fourth-order valence-corrected chi connectivity index (χ4v) is 3.28. The van der Waals surface area contributed by atoms with Crippen molar-refractivity contribution in [1.29, 1.82) is 0 Å². The standard InChI is InChI=1S/C21H21ClN4O5/c1-30-18-10-15(17(26(28)29)11-19(18)31-2)8-9-23-16-12-24-25(21(27)20(16)22)13-14-6-4-3-5-7-14/h3-7,10-12,23H,8-9,13H2,1-2H3. The van der Waals surface area contributed by atoms with Crippen LogP contribution in [0.5, 0.6) is 11.5 Å². The third-order valence-corrected chi connectivity index (χ3v) is 5.02. The Labute approximate surface area is 183 Å². The summed E-state index contributed by atoms with van der Waals surface area (Å²) in [4.78, 5) is 23.5. The summed E-state index contributed by atoms with van der Waals surface area (Å²) in [6.07, 6.45) is 1.76. The maximum Gasteiger partial charge on any atom is 0.287 e. The van der Waals surface area contributed by atoms with Crippen molar-refractivity contribution in [3.8, 4) is 11.5 Å². The molecule has 0 unspecified atom stereocenters. The highest BCUT2D eigenvalue weighted by Gasteiger charge is 2.19. The molecule has 10 heteroatoms. The third-order valence-electron chi connectivity index (χ3n) is 4.65. The summed E-state index contributed by atoms with van der Waals surface area (Å²) in [5.41, 5.74) is 1.24. The average Bonchev–Trinajstić information content (AvgIpc) is 2.78. The predicted octanol–water partition coefficient (Wildman–Crippen LogP) is 3.53. The van der Waals surface area contributed by atoms with Gasteiger partial charge in [0.25, 0.3) is 11.2 Å². The molecular formula is C21H21ClN4O5. The number of nitrogens with one attached hydrogen (secondary N) is 1. The number of aromatic nitrogens is 2. The molecule has 0 aliphatic rings. The molecule has 162 valence electrons. The summed E-state index contributed by atoms with van der Waals surface area (Å²) < 4.78 is 11.6. The average molecular weight is 445 g/mol. The lowest BCUT2D eigenvalue weighted by atomic mass is 10.1. The van der Waals surface area contributed by atoms with Crippen molar-refractivity contribution in [3.05, 3.63) is 85.3 Å². The molecule has 0 bridgehead atoms. The molecule has 0 aliphatic carbocycles. The molecule has 1 heterocycles. The summed E-state index contributed by atoms with van der Waals surface area (Å²) in [6.45, 7) is 0.595. The summed E-state index contributed by atoms with van der Waals surface area (Å²) in [6, 6.07) is 12.3. The van der Waals surface area contributed by atoms with Crippen molar-refractivity contribution in [2.75, 3.05) is 26.1 Å². The number of hydrogen-bond acceptors (Lipinski definition) is 7. The summed E-state index contributed by atoms with van der Waals surface area (Å²) in [5.74, 6) is 0.673. The molecular weight excluding hydrogens is 424 g/mol. The smallest absolute Gasteiger partial charge is 0.287 e. The minimum atomic E-state index is -0.476. The second kappa shape index (κ2) is 9.94. The van der Waals surface area contributed by atoms with Gasteiger partial charge in [-0.15, -0.1) is 0 Å². The molecule has 3 rings (SSSR count). The van der Waals surface area contributed by atoms with Crippen molar-refractivity contribution in [3.63, 3.8) is 0 Å². The van der Waals surface area contributed by atoms with Crippen LogP contribution in [0.1, 0.15) is 11.1 Å². The van der Waals surface area contributed by atoms with E-state index in [2.05, 4.69) is 10.4 Å². The van der Waals surface area contributed by atoms with E-state index in [1.165, 1.54) is 31.2 Å². The molecule has 1 N–H and O–H groups in total. The SMILES string of the molecule is COc1cc(CCNc2cnn(Cc3ccccc3)c(=O)c2Cl)c([N+](=O)[O-])cc1OC. The lowest BCUT2D eigenvalue weighted by molar-refractivity contribution is -0.385. The molecule has 0 atom stereocenters. The van der Waals surface area contributed by atoms with Gasteiger partial charge in [0.05, 0.1) is 43.6 Å². The minimum Gasteiger partial charge on any atom is -0.493 e. The molecule has 0 radical (unpaired) electrons. The van der Waals surface area contributed by atoms with Gasteiger partial charge in [-0.2, -0.15) is 5.10 Å². The molecule has 0 spiro atoms. The number of methoxy groups -OCH3 is 2. The highest BCUT2D eigenvalue weighted by atomic mass is 35.5. The zero-order valence-corrected chi connectivity index (χ0v) is 17.8. The van der Waals surface area contributed by atoms with E-state index >= 15 is 0 Å². The molecule has 3 aromatic rings. The zero-order chi connectivity index (χ0) is 22.4. The number of benzene rings is 2. The van der Waals surface area contributed by atoms with Crippen molar-refractivity contribution < 1.29 is 14.4 Å². The Kier molecular flexibility index (Phi) is 7.09. The Morgan fingerprint density at radius 2 is 1.84 bits per heavy atom. The van der Waals surface area contributed by atoms with Crippen LogP contribution in [0, 0.1) is 10.1 Å². The number of anilines is 1. The zero-order valence-electron chi connectivity index (χ0n) is 17.0. The van der Waals surface area contributed by atoms with Gasteiger partial charge in [-0.3, -0.25) is 14.9 Å². The molecule has 0 saturated carbocycles. The van der Waals surface area contributed by atoms with E-state index in [1.54, 1.807) is 6.07 Å². The van der Waals surface area contributed by atoms with Crippen LogP contribution in [0.15, 0.2) is 53.5 Å². The number of halogens is 1. The molecule has 31 heavy (non-hydrogen) atoms. The largest absolute Gasteiger partial charge is 0.493 e. The summed E-state index contributed by atoms with van der Waals surface area (Å²) in [5, 5.41) is 18.6. The van der Waals surface area contributed by atoms with Gasteiger partial charge in [-0.05, 0) is 18.1 Å². The van der Waals surface area contributed by atoms with Crippen LogP contribution in [-0.4, -0.2) is 35.5 Å². The van der Waals surface area contributed by atoms with Crippen LogP contribution < -0.4 is 20.3 Å². The molecule has 9 nitrogen and oxygen atoms in total. The van der Waals surface area contributed by atoms with Crippen molar-refractivity contribution in [1.82, 2.24) is 9.78 Å². The lowest BCUT2D eigenvalue weighted by Gasteiger charge is -2.12. The second-order valence-electron chi connectivity index (χ2n) is 6.59. The van der Waals surface area contributed by atoms with Gasteiger partial charge in [0.15, 0.2) is 11.5 Å². The first-order valence-corrected chi connectivity index (χ1v) is 9.75. The van der Waals surface area contributed by atoms with E-state index in [-0.39, 0.29) is 16.5 Å². The van der Waals surface area contributed by atoms with Gasteiger partial charge in [-0.1, -0.05) is 41.9 Å². The Bertz CT molecular complexity index is 1130. The van der Waals surface area contributed by atoms with E-state index in [0.29, 0.717) is 36.5 Å². The van der Waals surface area contributed by atoms with Crippen molar-refractivity contribution in [2.45, 2.75) is 13.0 Å². The van der Waals surface area contributed by atoms with Crippen molar-refractivity contribution >= 4 is 23.0 Å². The van der Waals surface area contributed by atoms with Crippen LogP contribution in [0.25, 0.3) is 0 Å². The molecule has 0 saturated heterocycles. The van der Waals surface area contributed by atoms with E-state index in [9.17, 15) is 14.9 Å². The fraction of sp³-hybridized carbons (Fsp3) is 0.238. The van der Waals surface area contributed by atoms with E-state index < -0.39 is 10.5 Å². The molecule has 2 aromatic carbocycles. The van der Waals surface area contributed by atoms with Crippen molar-refractivity contribution in [2.24, 2.45) is 0 Å². The van der Waals surface area contributed by atoms with Crippen LogP contribution in [-0.2, 0) is 13.0 Å². The third kappa shape index (κ3) is 5.13. The monoisotopic (exact) mass is 444 g/mol. The molecule has 0 amide bonds. The number of nitro groups is 1. The highest BCUT2D eigenvalue weighted by Crippen LogP contribution is 2.34. The van der Waals surface area contributed by atoms with Gasteiger partial charge < -0.3 is 14.8 Å². The molecule has 0 fully saturated rings. The number of hydrogen-bond donors (Lipinski definition) is 1. The Morgan fingerprint density at radius 1 is 1.16 bits per heavy atom. The Morgan fingerprint density at radius 3 is 2.48 bits per heavy atom. The number of nitro benzene ring substituents is 1. The van der Waals surface area contributed by atoms with Gasteiger partial charge >= 0.3 is 0 Å². The van der Waals surface area contributed by atoms with E-state index in [0.717, 1.165) is 5.56 Å². The summed E-state index contributed by atoms with van der Waals surface area (Å²) >= 11 is 6.23. The van der Waals surface area contributed by atoms with Crippen LogP contribution >= 0.6 is 11.6 Å². The van der Waals surface area contributed by atoms with E-state index in [4.69, 9.17) is 21.1 Å². The van der Waals surface area contributed by atoms with Crippen LogP contribution in [0.3, 0.4) is 0 Å². The first-order chi connectivity index (χ1) is 14.9. The normalized spacial score (nSPS) is 10.5. The topological polar surface area (TPSA) is 109 Å². The van der Waals surface area contributed by atoms with Gasteiger partial charge in [0, 0.05) is 12.1 Å². The minimum absolute atomic E-state index is 0.00717. The van der Waals surface area contributed by atoms with E-state index in [1.807, 2.05) is 30.3 Å². The Hall–Kier alpha value is -3.59. The first kappa shape index (κ1) is 22.1. The van der Waals surface area contributed by atoms with Gasteiger partial charge in [0.1, 0.15) is 5.02 Å². The maximum atomic E-state index is 12.5. The number of nitrogens with zero attached hydrogens (tertiary/aromatic N) is 3. The quantitative estimate of drug-likeness (QED) is 0.397. The van der Waals surface area contributed by atoms with Gasteiger partial charge in [0.2, 0.25) is 0 Å². The second-order valence-corrected chi connectivity index (χ2v) is 6.97. The Balaban J connectivity index is 1.74. The van der Waals surface area contributed by atoms with Gasteiger partial charge in [-0.25, -0.2) is 4.68 Å². The predicted molar refractivity (Wildman–Crippen MR) is 117 cm³/mol. The first-order valence-electron chi connectivity index (χ1n) is 9.37. The highest BCUT2D eigenvalue weighted by molar-refractivity contribution is 6.32. The number of ether oxygens (including phenoxy) is 2. The molecule has 0 aliphatic heterocycles.